The SMILES string of the molecule is CC[C@@H](CC(=O)O)NC(=O)[C@H](COC(C)(C)C)NC(=O)OCC1c2ccccc2-c2ccccc21. The minimum Gasteiger partial charge on any atom is -0.481 e. The van der Waals surface area contributed by atoms with Crippen molar-refractivity contribution in [1.82, 2.24) is 10.6 Å². The highest BCUT2D eigenvalue weighted by atomic mass is 16.5. The van der Waals surface area contributed by atoms with Crippen LogP contribution in [0.15, 0.2) is 48.5 Å². The lowest BCUT2D eigenvalue weighted by Crippen LogP contribution is -2.53. The number of carbonyl (C=O) groups excluding carboxylic acids is 2. The van der Waals surface area contributed by atoms with Crippen molar-refractivity contribution in [3.63, 3.8) is 0 Å². The highest BCUT2D eigenvalue weighted by Gasteiger charge is 2.30. The molecule has 2 aromatic carbocycles. The minimum absolute atomic E-state index is 0.0803. The third-order valence-corrected chi connectivity index (χ3v) is 5.90. The van der Waals surface area contributed by atoms with E-state index in [4.69, 9.17) is 14.6 Å². The maximum absolute atomic E-state index is 12.9. The maximum atomic E-state index is 12.9. The van der Waals surface area contributed by atoms with Crippen molar-refractivity contribution in [2.75, 3.05) is 13.2 Å². The minimum atomic E-state index is -1.03. The Hall–Kier alpha value is -3.39. The van der Waals surface area contributed by atoms with Crippen molar-refractivity contribution in [2.24, 2.45) is 0 Å². The van der Waals surface area contributed by atoms with Gasteiger partial charge in [-0.1, -0.05) is 55.5 Å². The maximum Gasteiger partial charge on any atom is 0.407 e. The van der Waals surface area contributed by atoms with Crippen LogP contribution in [0.3, 0.4) is 0 Å². The van der Waals surface area contributed by atoms with Crippen LogP contribution in [0.1, 0.15) is 57.6 Å². The van der Waals surface area contributed by atoms with Crippen LogP contribution in [0.2, 0.25) is 0 Å². The number of benzene rings is 2. The average Bonchev–Trinajstić information content (AvgIpc) is 3.12. The molecular weight excluding hydrogens is 448 g/mol. The number of carboxylic acid groups (broad SMARTS) is 1. The molecule has 2 aromatic rings. The highest BCUT2D eigenvalue weighted by Crippen LogP contribution is 2.44. The van der Waals surface area contributed by atoms with E-state index in [9.17, 15) is 14.4 Å². The highest BCUT2D eigenvalue weighted by molar-refractivity contribution is 5.86. The Kier molecular flexibility index (Phi) is 8.51. The van der Waals surface area contributed by atoms with Crippen molar-refractivity contribution in [3.05, 3.63) is 59.7 Å². The predicted octanol–water partition coefficient (Wildman–Crippen LogP) is 4.08. The van der Waals surface area contributed by atoms with E-state index in [2.05, 4.69) is 22.8 Å². The van der Waals surface area contributed by atoms with E-state index in [1.165, 1.54) is 0 Å². The van der Waals surface area contributed by atoms with Gasteiger partial charge in [0.15, 0.2) is 0 Å². The van der Waals surface area contributed by atoms with Crippen molar-refractivity contribution in [3.8, 4) is 11.1 Å². The number of aliphatic carboxylic acids is 1. The number of rotatable bonds is 10. The van der Waals surface area contributed by atoms with Gasteiger partial charge in [-0.3, -0.25) is 9.59 Å². The molecule has 8 nitrogen and oxygen atoms in total. The van der Waals surface area contributed by atoms with Crippen LogP contribution in [0, 0.1) is 0 Å². The van der Waals surface area contributed by atoms with Crippen LogP contribution >= 0.6 is 0 Å². The molecule has 3 rings (SSSR count). The number of carboxylic acids is 1. The Morgan fingerprint density at radius 1 is 0.971 bits per heavy atom. The van der Waals surface area contributed by atoms with Crippen molar-refractivity contribution in [2.45, 2.75) is 64.1 Å². The number of nitrogens with one attached hydrogen (secondary N) is 2. The molecule has 3 N–H and O–H groups in total. The van der Waals surface area contributed by atoms with Gasteiger partial charge >= 0.3 is 12.1 Å². The molecule has 35 heavy (non-hydrogen) atoms. The molecule has 1 aliphatic carbocycles. The van der Waals surface area contributed by atoms with Gasteiger partial charge in [0.1, 0.15) is 12.6 Å². The third-order valence-electron chi connectivity index (χ3n) is 5.90. The normalized spacial score (nSPS) is 14.4. The van der Waals surface area contributed by atoms with Gasteiger partial charge in [-0.05, 0) is 49.4 Å². The number of carbonyl (C=O) groups is 3. The Balaban J connectivity index is 1.67. The summed E-state index contributed by atoms with van der Waals surface area (Å²) in [6.45, 7) is 7.35. The lowest BCUT2D eigenvalue weighted by molar-refractivity contribution is -0.137. The first-order valence-electron chi connectivity index (χ1n) is 11.9. The van der Waals surface area contributed by atoms with E-state index in [1.807, 2.05) is 57.2 Å². The van der Waals surface area contributed by atoms with E-state index in [-0.39, 0.29) is 25.6 Å². The molecule has 0 saturated heterocycles. The summed E-state index contributed by atoms with van der Waals surface area (Å²) in [5, 5.41) is 14.4. The molecule has 0 heterocycles. The monoisotopic (exact) mass is 482 g/mol. The molecule has 0 aliphatic heterocycles. The zero-order valence-electron chi connectivity index (χ0n) is 20.7. The van der Waals surface area contributed by atoms with Gasteiger partial charge in [0.05, 0.1) is 18.6 Å². The summed E-state index contributed by atoms with van der Waals surface area (Å²) >= 11 is 0. The average molecular weight is 483 g/mol. The number of alkyl carbamates (subject to hydrolysis) is 1. The Morgan fingerprint density at radius 3 is 2.06 bits per heavy atom. The molecule has 0 saturated carbocycles. The fourth-order valence-electron chi connectivity index (χ4n) is 4.11. The van der Waals surface area contributed by atoms with E-state index in [1.54, 1.807) is 6.92 Å². The molecule has 0 aromatic heterocycles. The molecule has 0 spiro atoms. The molecule has 0 bridgehead atoms. The Labute approximate surface area is 206 Å². The van der Waals surface area contributed by atoms with E-state index < -0.39 is 35.7 Å². The molecule has 0 unspecified atom stereocenters. The zero-order chi connectivity index (χ0) is 25.6. The van der Waals surface area contributed by atoms with Crippen LogP contribution in [0.25, 0.3) is 11.1 Å². The third kappa shape index (κ3) is 7.05. The van der Waals surface area contributed by atoms with Crippen LogP contribution < -0.4 is 10.6 Å². The fraction of sp³-hybridized carbons (Fsp3) is 0.444. The van der Waals surface area contributed by atoms with Crippen molar-refractivity contribution >= 4 is 18.0 Å². The second-order valence-corrected chi connectivity index (χ2v) is 9.66. The quantitative estimate of drug-likeness (QED) is 0.470. The molecule has 0 fully saturated rings. The molecule has 188 valence electrons. The smallest absolute Gasteiger partial charge is 0.407 e. The second-order valence-electron chi connectivity index (χ2n) is 9.66. The first-order valence-corrected chi connectivity index (χ1v) is 11.9. The fourth-order valence-corrected chi connectivity index (χ4v) is 4.11. The Morgan fingerprint density at radius 2 is 1.54 bits per heavy atom. The number of fused-ring (bicyclic) bond motifs is 3. The van der Waals surface area contributed by atoms with Crippen molar-refractivity contribution in [1.29, 1.82) is 0 Å². The first kappa shape index (κ1) is 26.2. The molecule has 2 amide bonds. The van der Waals surface area contributed by atoms with E-state index >= 15 is 0 Å². The first-order chi connectivity index (χ1) is 16.6. The largest absolute Gasteiger partial charge is 0.481 e. The zero-order valence-corrected chi connectivity index (χ0v) is 20.7. The van der Waals surface area contributed by atoms with Gasteiger partial charge < -0.3 is 25.2 Å². The second kappa shape index (κ2) is 11.4. The van der Waals surface area contributed by atoms with E-state index in [0.29, 0.717) is 6.42 Å². The number of amides is 2. The van der Waals surface area contributed by atoms with Crippen LogP contribution in [-0.4, -0.2) is 54.0 Å². The standard InChI is InChI=1S/C27H34N2O6/c1-5-17(14-24(30)31)28-25(32)23(16-35-27(2,3)4)29-26(33)34-15-22-20-12-8-6-10-18(20)19-11-7-9-13-21(19)22/h6-13,17,22-23H,5,14-16H2,1-4H3,(H,28,32)(H,29,33)(H,30,31)/t17-,23-/m0/s1. The van der Waals surface area contributed by atoms with Crippen LogP contribution in [0.4, 0.5) is 4.79 Å². The van der Waals surface area contributed by atoms with Gasteiger partial charge in [0, 0.05) is 12.0 Å². The van der Waals surface area contributed by atoms with Gasteiger partial charge in [0.25, 0.3) is 0 Å². The Bertz CT molecular complexity index is 1020. The summed E-state index contributed by atoms with van der Waals surface area (Å²) in [5.41, 5.74) is 3.89. The molecule has 2 atom stereocenters. The van der Waals surface area contributed by atoms with Crippen molar-refractivity contribution < 1.29 is 29.0 Å². The number of ether oxygens (including phenoxy) is 2. The van der Waals surface area contributed by atoms with Crippen LogP contribution in [-0.2, 0) is 19.1 Å². The molecular formula is C27H34N2O6. The molecule has 8 heteroatoms. The van der Waals surface area contributed by atoms with E-state index in [0.717, 1.165) is 22.3 Å². The summed E-state index contributed by atoms with van der Waals surface area (Å²) in [4.78, 5) is 36.7. The summed E-state index contributed by atoms with van der Waals surface area (Å²) in [5.74, 6) is -1.63. The van der Waals surface area contributed by atoms with Gasteiger partial charge in [-0.15, -0.1) is 0 Å². The molecule has 0 radical (unpaired) electrons. The predicted molar refractivity (Wildman–Crippen MR) is 132 cm³/mol. The van der Waals surface area contributed by atoms with Crippen LogP contribution in [0.5, 0.6) is 0 Å². The summed E-state index contributed by atoms with van der Waals surface area (Å²) in [6, 6.07) is 14.5. The summed E-state index contributed by atoms with van der Waals surface area (Å²) in [7, 11) is 0. The van der Waals surface area contributed by atoms with Gasteiger partial charge in [0.2, 0.25) is 5.91 Å². The topological polar surface area (TPSA) is 114 Å². The summed E-state index contributed by atoms with van der Waals surface area (Å²) in [6.07, 6.45) is -0.508. The van der Waals surface area contributed by atoms with Gasteiger partial charge in [-0.25, -0.2) is 4.79 Å². The van der Waals surface area contributed by atoms with Gasteiger partial charge in [-0.2, -0.15) is 0 Å². The summed E-state index contributed by atoms with van der Waals surface area (Å²) < 4.78 is 11.3. The lowest BCUT2D eigenvalue weighted by atomic mass is 9.98. The number of hydrogen-bond acceptors (Lipinski definition) is 5. The number of hydrogen-bond donors (Lipinski definition) is 3. The molecule has 1 aliphatic rings. The lowest BCUT2D eigenvalue weighted by Gasteiger charge is -2.26.